The second kappa shape index (κ2) is 6.68. The van der Waals surface area contributed by atoms with Crippen LogP contribution in [0.15, 0.2) is 30.3 Å². The number of likely N-dealkylation sites (tertiary alicyclic amines) is 1. The summed E-state index contributed by atoms with van der Waals surface area (Å²) in [6, 6.07) is 8.70. The first kappa shape index (κ1) is 14.0. The van der Waals surface area contributed by atoms with E-state index in [0.29, 0.717) is 6.54 Å². The Morgan fingerprint density at radius 1 is 1.32 bits per heavy atom. The fourth-order valence-corrected chi connectivity index (χ4v) is 2.64. The van der Waals surface area contributed by atoms with Crippen molar-refractivity contribution in [3.8, 4) is 0 Å². The van der Waals surface area contributed by atoms with Gasteiger partial charge in [0.25, 0.3) is 0 Å². The lowest BCUT2D eigenvalue weighted by atomic mass is 10.0. The molecule has 1 aliphatic heterocycles. The van der Waals surface area contributed by atoms with E-state index in [2.05, 4.69) is 0 Å². The van der Waals surface area contributed by atoms with Gasteiger partial charge >= 0.3 is 0 Å². The van der Waals surface area contributed by atoms with E-state index >= 15 is 0 Å². The van der Waals surface area contributed by atoms with E-state index in [1.54, 1.807) is 4.90 Å². The van der Waals surface area contributed by atoms with Gasteiger partial charge in [-0.3, -0.25) is 4.79 Å². The molecule has 1 saturated heterocycles. The number of hydrogen-bond donors (Lipinski definition) is 2. The second-order valence-corrected chi connectivity index (χ2v) is 5.11. The fourth-order valence-electron chi connectivity index (χ4n) is 2.64. The minimum Gasteiger partial charge on any atom is -0.394 e. The molecule has 104 valence electrons. The van der Waals surface area contributed by atoms with Crippen LogP contribution in [0.2, 0.25) is 0 Å². The van der Waals surface area contributed by atoms with Gasteiger partial charge in [0.1, 0.15) is 6.04 Å². The molecule has 2 atom stereocenters. The lowest BCUT2D eigenvalue weighted by Crippen LogP contribution is -2.46. The van der Waals surface area contributed by atoms with Gasteiger partial charge in [-0.05, 0) is 18.4 Å². The predicted molar refractivity (Wildman–Crippen MR) is 74.4 cm³/mol. The number of nitrogens with zero attached hydrogens (tertiary/aromatic N) is 1. The molecule has 0 aromatic heterocycles. The Balaban J connectivity index is 2.12. The highest BCUT2D eigenvalue weighted by Crippen LogP contribution is 2.21. The van der Waals surface area contributed by atoms with Crippen LogP contribution in [-0.2, 0) is 4.79 Å². The zero-order valence-corrected chi connectivity index (χ0v) is 11.2. The molecular formula is C15H22N2O2. The molecule has 0 aliphatic carbocycles. The molecule has 1 heterocycles. The van der Waals surface area contributed by atoms with Crippen LogP contribution in [0.25, 0.3) is 0 Å². The SMILES string of the molecule is N[C@@H](C(=O)N1CCCCCC1CO)c1ccccc1. The molecule has 2 rings (SSSR count). The quantitative estimate of drug-likeness (QED) is 0.866. The van der Waals surface area contributed by atoms with Crippen LogP contribution in [0, 0.1) is 0 Å². The highest BCUT2D eigenvalue weighted by atomic mass is 16.3. The van der Waals surface area contributed by atoms with Crippen molar-refractivity contribution in [2.24, 2.45) is 5.73 Å². The van der Waals surface area contributed by atoms with Crippen LogP contribution in [0.5, 0.6) is 0 Å². The molecule has 4 nitrogen and oxygen atoms in total. The van der Waals surface area contributed by atoms with Crippen molar-refractivity contribution in [1.82, 2.24) is 4.90 Å². The summed E-state index contributed by atoms with van der Waals surface area (Å²) in [5.74, 6) is -0.0767. The van der Waals surface area contributed by atoms with Gasteiger partial charge in [-0.1, -0.05) is 43.2 Å². The third-order valence-corrected chi connectivity index (χ3v) is 3.80. The maximum atomic E-state index is 12.5. The Hall–Kier alpha value is -1.39. The average Bonchev–Trinajstić information content (AvgIpc) is 2.71. The predicted octanol–water partition coefficient (Wildman–Crippen LogP) is 1.45. The number of carbonyl (C=O) groups is 1. The van der Waals surface area contributed by atoms with Gasteiger partial charge in [-0.2, -0.15) is 0 Å². The fraction of sp³-hybridized carbons (Fsp3) is 0.533. The van der Waals surface area contributed by atoms with Crippen LogP contribution >= 0.6 is 0 Å². The Bertz CT molecular complexity index is 408. The van der Waals surface area contributed by atoms with Crippen molar-refractivity contribution in [2.75, 3.05) is 13.2 Å². The molecule has 0 spiro atoms. The number of amides is 1. The third kappa shape index (κ3) is 3.33. The van der Waals surface area contributed by atoms with Crippen LogP contribution < -0.4 is 5.73 Å². The number of benzene rings is 1. The van der Waals surface area contributed by atoms with Crippen LogP contribution in [-0.4, -0.2) is 35.1 Å². The van der Waals surface area contributed by atoms with E-state index in [0.717, 1.165) is 31.2 Å². The Morgan fingerprint density at radius 3 is 2.74 bits per heavy atom. The molecule has 0 radical (unpaired) electrons. The summed E-state index contributed by atoms with van der Waals surface area (Å²) in [6.45, 7) is 0.720. The zero-order chi connectivity index (χ0) is 13.7. The Morgan fingerprint density at radius 2 is 2.05 bits per heavy atom. The van der Waals surface area contributed by atoms with Crippen LogP contribution in [0.4, 0.5) is 0 Å². The van der Waals surface area contributed by atoms with E-state index in [9.17, 15) is 9.90 Å². The van der Waals surface area contributed by atoms with Crippen molar-refractivity contribution in [1.29, 1.82) is 0 Å². The summed E-state index contributed by atoms with van der Waals surface area (Å²) >= 11 is 0. The maximum Gasteiger partial charge on any atom is 0.244 e. The van der Waals surface area contributed by atoms with Crippen molar-refractivity contribution in [2.45, 2.75) is 37.8 Å². The molecule has 1 aromatic carbocycles. The molecule has 0 saturated carbocycles. The summed E-state index contributed by atoms with van der Waals surface area (Å²) in [5, 5.41) is 9.45. The zero-order valence-electron chi connectivity index (χ0n) is 11.2. The number of rotatable bonds is 3. The maximum absolute atomic E-state index is 12.5. The number of aliphatic hydroxyl groups is 1. The van der Waals surface area contributed by atoms with E-state index in [4.69, 9.17) is 5.73 Å². The molecule has 3 N–H and O–H groups in total. The topological polar surface area (TPSA) is 66.6 Å². The smallest absolute Gasteiger partial charge is 0.244 e. The monoisotopic (exact) mass is 262 g/mol. The molecule has 1 amide bonds. The van der Waals surface area contributed by atoms with E-state index in [-0.39, 0.29) is 18.6 Å². The number of carbonyl (C=O) groups excluding carboxylic acids is 1. The Kier molecular flexibility index (Phi) is 4.93. The van der Waals surface area contributed by atoms with Crippen LogP contribution in [0.3, 0.4) is 0 Å². The van der Waals surface area contributed by atoms with Crippen molar-refractivity contribution < 1.29 is 9.90 Å². The first-order valence-corrected chi connectivity index (χ1v) is 6.96. The number of nitrogens with two attached hydrogens (primary N) is 1. The van der Waals surface area contributed by atoms with E-state index in [1.807, 2.05) is 30.3 Å². The third-order valence-electron chi connectivity index (χ3n) is 3.80. The van der Waals surface area contributed by atoms with Crippen molar-refractivity contribution in [3.63, 3.8) is 0 Å². The summed E-state index contributed by atoms with van der Waals surface area (Å²) in [7, 11) is 0. The second-order valence-electron chi connectivity index (χ2n) is 5.11. The molecule has 1 aromatic rings. The van der Waals surface area contributed by atoms with Crippen molar-refractivity contribution >= 4 is 5.91 Å². The number of hydrogen-bond acceptors (Lipinski definition) is 3. The van der Waals surface area contributed by atoms with Gasteiger partial charge in [0, 0.05) is 6.54 Å². The summed E-state index contributed by atoms with van der Waals surface area (Å²) < 4.78 is 0. The van der Waals surface area contributed by atoms with Crippen LogP contribution in [0.1, 0.15) is 37.3 Å². The standard InChI is InChI=1S/C15H22N2O2/c16-14(12-7-3-1-4-8-12)15(19)17-10-6-2-5-9-13(17)11-18/h1,3-4,7-8,13-14,18H,2,5-6,9-11,16H2/t13?,14-/m1/s1. The minimum atomic E-state index is -0.631. The summed E-state index contributed by atoms with van der Waals surface area (Å²) in [4.78, 5) is 14.3. The first-order chi connectivity index (χ1) is 9.24. The molecule has 4 heteroatoms. The largest absolute Gasteiger partial charge is 0.394 e. The minimum absolute atomic E-state index is 0.0211. The van der Waals surface area contributed by atoms with Gasteiger partial charge < -0.3 is 15.7 Å². The lowest BCUT2D eigenvalue weighted by Gasteiger charge is -2.31. The Labute approximate surface area is 114 Å². The molecule has 1 aliphatic rings. The van der Waals surface area contributed by atoms with Crippen molar-refractivity contribution in [3.05, 3.63) is 35.9 Å². The van der Waals surface area contributed by atoms with E-state index in [1.165, 1.54) is 0 Å². The van der Waals surface area contributed by atoms with Gasteiger partial charge in [-0.25, -0.2) is 0 Å². The lowest BCUT2D eigenvalue weighted by molar-refractivity contribution is -0.136. The molecule has 19 heavy (non-hydrogen) atoms. The number of aliphatic hydroxyl groups excluding tert-OH is 1. The highest BCUT2D eigenvalue weighted by Gasteiger charge is 2.29. The van der Waals surface area contributed by atoms with E-state index < -0.39 is 6.04 Å². The normalized spacial score (nSPS) is 21.8. The highest BCUT2D eigenvalue weighted by molar-refractivity contribution is 5.83. The first-order valence-electron chi connectivity index (χ1n) is 6.96. The molecule has 0 bridgehead atoms. The molecule has 1 unspecified atom stereocenters. The molecular weight excluding hydrogens is 240 g/mol. The average molecular weight is 262 g/mol. The van der Waals surface area contributed by atoms with Gasteiger partial charge in [0.2, 0.25) is 5.91 Å². The molecule has 1 fully saturated rings. The van der Waals surface area contributed by atoms with Gasteiger partial charge in [-0.15, -0.1) is 0 Å². The van der Waals surface area contributed by atoms with Gasteiger partial charge in [0.15, 0.2) is 0 Å². The summed E-state index contributed by atoms with van der Waals surface area (Å²) in [5.41, 5.74) is 6.89. The van der Waals surface area contributed by atoms with Gasteiger partial charge in [0.05, 0.1) is 12.6 Å². The summed E-state index contributed by atoms with van der Waals surface area (Å²) in [6.07, 6.45) is 4.03.